The molecule has 1 aromatic heterocycles. The SMILES string of the molecule is N#C[C@H](c1ccccc1)c1cnccc1Cl. The van der Waals surface area contributed by atoms with Gasteiger partial charge in [0.2, 0.25) is 0 Å². The predicted octanol–water partition coefficient (Wildman–Crippen LogP) is 3.39. The first-order valence-corrected chi connectivity index (χ1v) is 5.24. The lowest BCUT2D eigenvalue weighted by atomic mass is 9.94. The van der Waals surface area contributed by atoms with Crippen molar-refractivity contribution in [3.8, 4) is 6.07 Å². The van der Waals surface area contributed by atoms with Crippen molar-refractivity contribution in [3.63, 3.8) is 0 Å². The highest BCUT2D eigenvalue weighted by molar-refractivity contribution is 6.31. The van der Waals surface area contributed by atoms with Crippen molar-refractivity contribution in [2.75, 3.05) is 0 Å². The summed E-state index contributed by atoms with van der Waals surface area (Å²) in [6.45, 7) is 0. The van der Waals surface area contributed by atoms with Gasteiger partial charge in [-0.05, 0) is 11.6 Å². The fourth-order valence-corrected chi connectivity index (χ4v) is 1.79. The summed E-state index contributed by atoms with van der Waals surface area (Å²) < 4.78 is 0. The molecule has 1 atom stereocenters. The Hall–Kier alpha value is -1.85. The third-order valence-electron chi connectivity index (χ3n) is 2.37. The number of nitriles is 1. The van der Waals surface area contributed by atoms with Crippen LogP contribution in [0, 0.1) is 11.3 Å². The molecule has 78 valence electrons. The Morgan fingerprint density at radius 1 is 1.19 bits per heavy atom. The van der Waals surface area contributed by atoms with Gasteiger partial charge in [0.1, 0.15) is 0 Å². The summed E-state index contributed by atoms with van der Waals surface area (Å²) in [5, 5.41) is 9.80. The van der Waals surface area contributed by atoms with Gasteiger partial charge < -0.3 is 0 Å². The number of rotatable bonds is 2. The Labute approximate surface area is 99.1 Å². The van der Waals surface area contributed by atoms with Crippen LogP contribution in [0.25, 0.3) is 0 Å². The van der Waals surface area contributed by atoms with Crippen LogP contribution in [0.2, 0.25) is 5.02 Å². The van der Waals surface area contributed by atoms with E-state index in [1.165, 1.54) is 0 Å². The zero-order valence-electron chi connectivity index (χ0n) is 8.47. The summed E-state index contributed by atoms with van der Waals surface area (Å²) in [5.41, 5.74) is 1.68. The van der Waals surface area contributed by atoms with Gasteiger partial charge in [0.15, 0.2) is 0 Å². The van der Waals surface area contributed by atoms with Crippen LogP contribution in [-0.2, 0) is 0 Å². The number of halogens is 1. The first-order chi connectivity index (χ1) is 7.83. The van der Waals surface area contributed by atoms with Crippen LogP contribution in [0.3, 0.4) is 0 Å². The van der Waals surface area contributed by atoms with Crippen molar-refractivity contribution in [2.24, 2.45) is 0 Å². The average molecular weight is 229 g/mol. The Balaban J connectivity index is 2.47. The molecule has 2 rings (SSSR count). The lowest BCUT2D eigenvalue weighted by Crippen LogP contribution is -1.99. The summed E-state index contributed by atoms with van der Waals surface area (Å²) >= 11 is 6.06. The first-order valence-electron chi connectivity index (χ1n) is 4.87. The molecule has 0 radical (unpaired) electrons. The number of benzene rings is 1. The van der Waals surface area contributed by atoms with Gasteiger partial charge in [0.05, 0.1) is 12.0 Å². The third kappa shape index (κ3) is 2.05. The molecule has 2 aromatic rings. The van der Waals surface area contributed by atoms with Gasteiger partial charge in [-0.15, -0.1) is 0 Å². The zero-order valence-corrected chi connectivity index (χ0v) is 9.22. The van der Waals surface area contributed by atoms with E-state index in [1.54, 1.807) is 18.5 Å². The normalized spacial score (nSPS) is 11.8. The lowest BCUT2D eigenvalue weighted by molar-refractivity contribution is 1.02. The standard InChI is InChI=1S/C13H9ClN2/c14-13-6-7-16-9-12(13)11(8-15)10-4-2-1-3-5-10/h1-7,9,11H/t11-/m1/s1. The Morgan fingerprint density at radius 2 is 1.94 bits per heavy atom. The van der Waals surface area contributed by atoms with Crippen molar-refractivity contribution >= 4 is 11.6 Å². The van der Waals surface area contributed by atoms with E-state index in [-0.39, 0.29) is 5.92 Å². The highest BCUT2D eigenvalue weighted by atomic mass is 35.5. The predicted molar refractivity (Wildman–Crippen MR) is 63.1 cm³/mol. The van der Waals surface area contributed by atoms with Gasteiger partial charge in [-0.3, -0.25) is 4.98 Å². The quantitative estimate of drug-likeness (QED) is 0.790. The van der Waals surface area contributed by atoms with Gasteiger partial charge in [0.25, 0.3) is 0 Å². The number of pyridine rings is 1. The molecule has 0 aliphatic heterocycles. The van der Waals surface area contributed by atoms with Crippen LogP contribution in [-0.4, -0.2) is 4.98 Å². The summed E-state index contributed by atoms with van der Waals surface area (Å²) in [6.07, 6.45) is 3.26. The fraction of sp³-hybridized carbons (Fsp3) is 0.0769. The topological polar surface area (TPSA) is 36.7 Å². The molecule has 0 saturated heterocycles. The van der Waals surface area contributed by atoms with E-state index in [4.69, 9.17) is 11.6 Å². The fourth-order valence-electron chi connectivity index (χ4n) is 1.57. The second-order valence-corrected chi connectivity index (χ2v) is 3.78. The minimum Gasteiger partial charge on any atom is -0.264 e. The van der Waals surface area contributed by atoms with Gasteiger partial charge >= 0.3 is 0 Å². The Morgan fingerprint density at radius 3 is 2.56 bits per heavy atom. The second-order valence-electron chi connectivity index (χ2n) is 3.37. The van der Waals surface area contributed by atoms with Crippen molar-refractivity contribution in [3.05, 3.63) is 64.9 Å². The average Bonchev–Trinajstić information content (AvgIpc) is 2.34. The van der Waals surface area contributed by atoms with E-state index in [9.17, 15) is 5.26 Å². The van der Waals surface area contributed by atoms with E-state index in [0.717, 1.165) is 11.1 Å². The van der Waals surface area contributed by atoms with Crippen molar-refractivity contribution in [1.82, 2.24) is 4.98 Å². The van der Waals surface area contributed by atoms with Crippen LogP contribution in [0.4, 0.5) is 0 Å². The number of nitrogens with zero attached hydrogens (tertiary/aromatic N) is 2. The molecule has 16 heavy (non-hydrogen) atoms. The van der Waals surface area contributed by atoms with Crippen molar-refractivity contribution < 1.29 is 0 Å². The molecule has 0 bridgehead atoms. The van der Waals surface area contributed by atoms with Crippen molar-refractivity contribution in [2.45, 2.75) is 5.92 Å². The highest BCUT2D eigenvalue weighted by Crippen LogP contribution is 2.28. The maximum atomic E-state index is 9.22. The minimum atomic E-state index is -0.359. The molecule has 1 aromatic carbocycles. The molecule has 0 spiro atoms. The van der Waals surface area contributed by atoms with Crippen LogP contribution < -0.4 is 0 Å². The van der Waals surface area contributed by atoms with E-state index < -0.39 is 0 Å². The molecule has 0 unspecified atom stereocenters. The number of hydrogen-bond donors (Lipinski definition) is 0. The molecule has 0 aliphatic rings. The summed E-state index contributed by atoms with van der Waals surface area (Å²) in [4.78, 5) is 4.00. The lowest BCUT2D eigenvalue weighted by Gasteiger charge is -2.10. The molecular weight excluding hydrogens is 220 g/mol. The molecule has 0 N–H and O–H groups in total. The van der Waals surface area contributed by atoms with Gasteiger partial charge in [-0.1, -0.05) is 41.9 Å². The van der Waals surface area contributed by atoms with Crippen LogP contribution in [0.1, 0.15) is 17.0 Å². The second kappa shape index (κ2) is 4.78. The molecule has 0 aliphatic carbocycles. The first kappa shape index (κ1) is 10.7. The molecular formula is C13H9ClN2. The van der Waals surface area contributed by atoms with Crippen LogP contribution in [0.5, 0.6) is 0 Å². The largest absolute Gasteiger partial charge is 0.264 e. The van der Waals surface area contributed by atoms with E-state index in [0.29, 0.717) is 5.02 Å². The van der Waals surface area contributed by atoms with Crippen LogP contribution >= 0.6 is 11.6 Å². The minimum absolute atomic E-state index is 0.359. The maximum absolute atomic E-state index is 9.22. The van der Waals surface area contributed by atoms with Gasteiger partial charge in [-0.25, -0.2) is 0 Å². The smallest absolute Gasteiger partial charge is 0.0991 e. The summed E-state index contributed by atoms with van der Waals surface area (Å²) in [6, 6.07) is 13.5. The maximum Gasteiger partial charge on any atom is 0.0991 e. The molecule has 1 heterocycles. The van der Waals surface area contributed by atoms with E-state index in [2.05, 4.69) is 11.1 Å². The van der Waals surface area contributed by atoms with E-state index in [1.807, 2.05) is 30.3 Å². The summed E-state index contributed by atoms with van der Waals surface area (Å²) in [5.74, 6) is -0.359. The van der Waals surface area contributed by atoms with Gasteiger partial charge in [0, 0.05) is 23.0 Å². The zero-order chi connectivity index (χ0) is 11.4. The third-order valence-corrected chi connectivity index (χ3v) is 2.71. The molecule has 3 heteroatoms. The Bertz CT molecular complexity index is 517. The molecule has 0 fully saturated rings. The highest BCUT2D eigenvalue weighted by Gasteiger charge is 2.15. The molecule has 0 amide bonds. The Kier molecular flexibility index (Phi) is 3.19. The number of hydrogen-bond acceptors (Lipinski definition) is 2. The monoisotopic (exact) mass is 228 g/mol. The molecule has 0 saturated carbocycles. The summed E-state index contributed by atoms with van der Waals surface area (Å²) in [7, 11) is 0. The molecule has 2 nitrogen and oxygen atoms in total. The van der Waals surface area contributed by atoms with Crippen LogP contribution in [0.15, 0.2) is 48.8 Å². The van der Waals surface area contributed by atoms with E-state index >= 15 is 0 Å². The number of aromatic nitrogens is 1. The van der Waals surface area contributed by atoms with Gasteiger partial charge in [-0.2, -0.15) is 5.26 Å². The van der Waals surface area contributed by atoms with Crippen molar-refractivity contribution in [1.29, 1.82) is 5.26 Å².